The highest BCUT2D eigenvalue weighted by Crippen LogP contribution is 2.40. The Labute approximate surface area is 137 Å². The Morgan fingerprint density at radius 1 is 1.30 bits per heavy atom. The zero-order chi connectivity index (χ0) is 16.4. The fourth-order valence-electron chi connectivity index (χ4n) is 4.11. The Morgan fingerprint density at radius 3 is 2.65 bits per heavy atom. The van der Waals surface area contributed by atoms with Crippen molar-refractivity contribution in [2.45, 2.75) is 37.3 Å². The van der Waals surface area contributed by atoms with E-state index in [4.69, 9.17) is 4.74 Å². The van der Waals surface area contributed by atoms with E-state index in [0.717, 1.165) is 32.3 Å². The van der Waals surface area contributed by atoms with E-state index in [1.807, 2.05) is 0 Å². The molecule has 2 saturated heterocycles. The minimum Gasteiger partial charge on any atom is -0.383 e. The number of likely N-dealkylation sites (tertiary alicyclic amines) is 2. The molecule has 2 aliphatic rings. The lowest BCUT2D eigenvalue weighted by molar-refractivity contribution is 0.0271. The highest BCUT2D eigenvalue weighted by Gasteiger charge is 2.46. The molecular formula is C18H25FN2O2. The van der Waals surface area contributed by atoms with E-state index in [9.17, 15) is 9.18 Å². The molecule has 126 valence electrons. The largest absolute Gasteiger partial charge is 0.383 e. The van der Waals surface area contributed by atoms with Crippen molar-refractivity contribution >= 4 is 5.91 Å². The van der Waals surface area contributed by atoms with Crippen molar-refractivity contribution in [3.63, 3.8) is 0 Å². The Hall–Kier alpha value is -1.46. The average Bonchev–Trinajstić information content (AvgIpc) is 2.86. The van der Waals surface area contributed by atoms with Crippen LogP contribution in [0.25, 0.3) is 0 Å². The average molecular weight is 320 g/mol. The van der Waals surface area contributed by atoms with Crippen LogP contribution in [0, 0.1) is 5.82 Å². The minimum absolute atomic E-state index is 0.176. The number of methoxy groups -OCH3 is 1. The molecule has 0 radical (unpaired) electrons. The molecular weight excluding hydrogens is 295 g/mol. The second-order valence-electron chi connectivity index (χ2n) is 6.76. The first-order valence-electron chi connectivity index (χ1n) is 8.33. The van der Waals surface area contributed by atoms with Crippen molar-refractivity contribution in [3.05, 3.63) is 35.6 Å². The molecule has 3 rings (SSSR count). The zero-order valence-corrected chi connectivity index (χ0v) is 13.9. The Bertz CT molecular complexity index is 570. The molecule has 1 spiro atoms. The van der Waals surface area contributed by atoms with Gasteiger partial charge >= 0.3 is 0 Å². The lowest BCUT2D eigenvalue weighted by atomic mass is 9.85. The van der Waals surface area contributed by atoms with Crippen molar-refractivity contribution in [1.29, 1.82) is 0 Å². The number of likely N-dealkylation sites (N-methyl/N-ethyl adjacent to an activating group) is 1. The Balaban J connectivity index is 1.65. The molecule has 1 aromatic rings. The van der Waals surface area contributed by atoms with Gasteiger partial charge in [0, 0.05) is 31.8 Å². The van der Waals surface area contributed by atoms with Crippen molar-refractivity contribution in [3.8, 4) is 0 Å². The third-order valence-electron chi connectivity index (χ3n) is 5.68. The highest BCUT2D eigenvalue weighted by molar-refractivity contribution is 5.94. The summed E-state index contributed by atoms with van der Waals surface area (Å²) in [7, 11) is 3.92. The van der Waals surface area contributed by atoms with Crippen LogP contribution in [0.3, 0.4) is 0 Å². The molecule has 0 saturated carbocycles. The summed E-state index contributed by atoms with van der Waals surface area (Å²) in [6.45, 7) is 2.14. The van der Waals surface area contributed by atoms with Crippen LogP contribution in [0.1, 0.15) is 36.0 Å². The fourth-order valence-corrected chi connectivity index (χ4v) is 4.11. The molecule has 1 atom stereocenters. The number of rotatable bonds is 3. The van der Waals surface area contributed by atoms with E-state index in [0.29, 0.717) is 19.1 Å². The number of hydrogen-bond donors (Lipinski definition) is 0. The minimum atomic E-state index is -0.434. The molecule has 5 heteroatoms. The standard InChI is InChI=1S/C18H25FN2O2/c1-20-14(13-23-2)7-8-18(20)9-11-21(12-10-18)17(22)15-5-3-4-6-16(15)19/h3-6,14H,7-13H2,1-2H3/t14-/m0/s1. The number of hydrogen-bond acceptors (Lipinski definition) is 3. The molecule has 1 aromatic carbocycles. The summed E-state index contributed by atoms with van der Waals surface area (Å²) < 4.78 is 19.1. The molecule has 4 nitrogen and oxygen atoms in total. The third kappa shape index (κ3) is 3.00. The van der Waals surface area contributed by atoms with Crippen LogP contribution in [0.5, 0.6) is 0 Å². The Morgan fingerprint density at radius 2 is 2.00 bits per heavy atom. The predicted octanol–water partition coefficient (Wildman–Crippen LogP) is 2.54. The first-order chi connectivity index (χ1) is 11.1. The van der Waals surface area contributed by atoms with Crippen LogP contribution in [-0.2, 0) is 4.74 Å². The Kier molecular flexibility index (Phi) is 4.69. The second kappa shape index (κ2) is 6.57. The number of carbonyl (C=O) groups is 1. The number of amides is 1. The number of halogens is 1. The lowest BCUT2D eigenvalue weighted by Gasteiger charge is -2.45. The van der Waals surface area contributed by atoms with Crippen LogP contribution >= 0.6 is 0 Å². The summed E-state index contributed by atoms with van der Waals surface area (Å²) in [6, 6.07) is 6.70. The van der Waals surface area contributed by atoms with Crippen LogP contribution in [-0.4, -0.2) is 61.1 Å². The molecule has 0 bridgehead atoms. The number of benzene rings is 1. The smallest absolute Gasteiger partial charge is 0.256 e. The van der Waals surface area contributed by atoms with E-state index >= 15 is 0 Å². The van der Waals surface area contributed by atoms with Gasteiger partial charge in [0.25, 0.3) is 5.91 Å². The van der Waals surface area contributed by atoms with Crippen LogP contribution in [0.4, 0.5) is 4.39 Å². The van der Waals surface area contributed by atoms with E-state index in [1.165, 1.54) is 6.07 Å². The van der Waals surface area contributed by atoms with Gasteiger partial charge in [0.05, 0.1) is 12.2 Å². The van der Waals surface area contributed by atoms with Crippen LogP contribution < -0.4 is 0 Å². The summed E-state index contributed by atoms with van der Waals surface area (Å²) in [4.78, 5) is 16.8. The summed E-state index contributed by atoms with van der Waals surface area (Å²) in [5.41, 5.74) is 0.357. The normalized spacial score (nSPS) is 24.3. The molecule has 0 aliphatic carbocycles. The van der Waals surface area contributed by atoms with E-state index in [1.54, 1.807) is 30.2 Å². The molecule has 0 unspecified atom stereocenters. The van der Waals surface area contributed by atoms with Gasteiger partial charge < -0.3 is 9.64 Å². The van der Waals surface area contributed by atoms with Gasteiger partial charge in [-0.1, -0.05) is 12.1 Å². The molecule has 23 heavy (non-hydrogen) atoms. The number of carbonyl (C=O) groups excluding carboxylic acids is 1. The van der Waals surface area contributed by atoms with Crippen molar-refractivity contribution < 1.29 is 13.9 Å². The lowest BCUT2D eigenvalue weighted by Crippen LogP contribution is -2.54. The number of ether oxygens (including phenoxy) is 1. The molecule has 0 N–H and O–H groups in total. The second-order valence-corrected chi connectivity index (χ2v) is 6.76. The van der Waals surface area contributed by atoms with Crippen LogP contribution in [0.15, 0.2) is 24.3 Å². The summed E-state index contributed by atoms with van der Waals surface area (Å²) in [5, 5.41) is 0. The van der Waals surface area contributed by atoms with E-state index in [2.05, 4.69) is 11.9 Å². The van der Waals surface area contributed by atoms with Gasteiger partial charge in [-0.3, -0.25) is 9.69 Å². The summed E-state index contributed by atoms with van der Waals surface area (Å²) in [5.74, 6) is -0.622. The molecule has 1 amide bonds. The maximum Gasteiger partial charge on any atom is 0.256 e. The monoisotopic (exact) mass is 320 g/mol. The first-order valence-corrected chi connectivity index (χ1v) is 8.33. The summed E-state index contributed by atoms with van der Waals surface area (Å²) in [6.07, 6.45) is 4.19. The third-order valence-corrected chi connectivity index (χ3v) is 5.68. The predicted molar refractivity (Wildman–Crippen MR) is 86.9 cm³/mol. The maximum atomic E-state index is 13.8. The van der Waals surface area contributed by atoms with Gasteiger partial charge in [-0.25, -0.2) is 4.39 Å². The van der Waals surface area contributed by atoms with Gasteiger partial charge in [0.2, 0.25) is 0 Å². The molecule has 0 aromatic heterocycles. The topological polar surface area (TPSA) is 32.8 Å². The van der Waals surface area contributed by atoms with Gasteiger partial charge in [0.1, 0.15) is 5.82 Å². The quantitative estimate of drug-likeness (QED) is 0.858. The van der Waals surface area contributed by atoms with E-state index < -0.39 is 5.82 Å². The molecule has 2 fully saturated rings. The maximum absolute atomic E-state index is 13.8. The van der Waals surface area contributed by atoms with E-state index in [-0.39, 0.29) is 17.0 Å². The number of piperidine rings is 1. The van der Waals surface area contributed by atoms with Gasteiger partial charge in [-0.2, -0.15) is 0 Å². The van der Waals surface area contributed by atoms with Crippen LogP contribution in [0.2, 0.25) is 0 Å². The van der Waals surface area contributed by atoms with Crippen molar-refractivity contribution in [2.24, 2.45) is 0 Å². The summed E-state index contributed by atoms with van der Waals surface area (Å²) >= 11 is 0. The first kappa shape index (κ1) is 16.4. The highest BCUT2D eigenvalue weighted by atomic mass is 19.1. The van der Waals surface area contributed by atoms with Gasteiger partial charge in [-0.05, 0) is 44.9 Å². The fraction of sp³-hybridized carbons (Fsp3) is 0.611. The molecule has 2 heterocycles. The van der Waals surface area contributed by atoms with Gasteiger partial charge in [-0.15, -0.1) is 0 Å². The molecule has 2 aliphatic heterocycles. The zero-order valence-electron chi connectivity index (χ0n) is 13.9. The van der Waals surface area contributed by atoms with Gasteiger partial charge in [0.15, 0.2) is 0 Å². The van der Waals surface area contributed by atoms with Crippen molar-refractivity contribution in [2.75, 3.05) is 33.9 Å². The van der Waals surface area contributed by atoms with Crippen molar-refractivity contribution in [1.82, 2.24) is 9.80 Å². The number of nitrogens with zero attached hydrogens (tertiary/aromatic N) is 2. The SMILES string of the molecule is COC[C@@H]1CCC2(CCN(C(=O)c3ccccc3F)CC2)N1C.